The lowest BCUT2D eigenvalue weighted by Gasteiger charge is -2.44. The Morgan fingerprint density at radius 1 is 0.962 bits per heavy atom. The van der Waals surface area contributed by atoms with Crippen LogP contribution in [0.1, 0.15) is 89.4 Å². The number of hydrogen-bond donors (Lipinski definition) is 1. The zero-order valence-corrected chi connectivity index (χ0v) is 32.1. The highest BCUT2D eigenvalue weighted by Crippen LogP contribution is 2.44. The van der Waals surface area contributed by atoms with Crippen LogP contribution in [0.25, 0.3) is 10.2 Å². The lowest BCUT2D eigenvalue weighted by molar-refractivity contribution is -0.126. The van der Waals surface area contributed by atoms with Crippen LogP contribution in [0.5, 0.6) is 0 Å². The van der Waals surface area contributed by atoms with Gasteiger partial charge in [-0.05, 0) is 75.3 Å². The van der Waals surface area contributed by atoms with E-state index >= 15 is 0 Å². The first kappa shape index (κ1) is 37.8. The third-order valence-electron chi connectivity index (χ3n) is 13.4. The van der Waals surface area contributed by atoms with Crippen LogP contribution in [0.15, 0.2) is 24.2 Å². The van der Waals surface area contributed by atoms with Crippen LogP contribution < -0.4 is 5.32 Å². The summed E-state index contributed by atoms with van der Waals surface area (Å²) in [7, 11) is 0. The molecule has 7 rings (SSSR count). The summed E-state index contributed by atoms with van der Waals surface area (Å²) < 4.78 is 39.0. The smallest absolute Gasteiger partial charge is 0.367 e. The number of hydrogen-bond acceptors (Lipinski definition) is 9. The Morgan fingerprint density at radius 2 is 1.73 bits per heavy atom. The van der Waals surface area contributed by atoms with Crippen molar-refractivity contribution < 1.29 is 13.2 Å². The number of nitriles is 1. The average molecular weight is 741 g/mol. The summed E-state index contributed by atoms with van der Waals surface area (Å²) in [5.41, 5.74) is 0.888. The van der Waals surface area contributed by atoms with E-state index in [9.17, 15) is 18.4 Å². The summed E-state index contributed by atoms with van der Waals surface area (Å²) in [6, 6.07) is 5.52. The quantitative estimate of drug-likeness (QED) is 0.237. The molecule has 5 aliphatic rings. The Balaban J connectivity index is 0.842. The van der Waals surface area contributed by atoms with Gasteiger partial charge in [-0.3, -0.25) is 9.80 Å². The van der Waals surface area contributed by atoms with Gasteiger partial charge in [0.1, 0.15) is 28.7 Å². The second-order valence-electron chi connectivity index (χ2n) is 16.7. The first-order chi connectivity index (χ1) is 25.1. The second kappa shape index (κ2) is 16.9. The van der Waals surface area contributed by atoms with Gasteiger partial charge in [-0.25, -0.2) is 9.97 Å². The minimum atomic E-state index is -4.24. The van der Waals surface area contributed by atoms with E-state index < -0.39 is 12.6 Å². The minimum Gasteiger partial charge on any atom is -0.367 e. The highest BCUT2D eigenvalue weighted by molar-refractivity contribution is 7.18. The summed E-state index contributed by atoms with van der Waals surface area (Å²) in [6.45, 7) is 14.5. The standard InChI is InChI=1S/C40H59F3N8S/c1-28(8-9-30-6-4-3-5-7-30)50-19-16-48(17-20-50)18-21-51-33(25-44)22-35-29(2)31(10-11-37(35)51)26-49-14-12-32(13-15-49)47-38-36-23-34(24-40(41,42)43)52-39(36)46-27-45-38/h22-23,27-32,35,37H,3-21,24,26H2,1-2H3,(H,45,46,47). The van der Waals surface area contributed by atoms with Crippen molar-refractivity contribution in [2.75, 3.05) is 64.2 Å². The molecule has 2 saturated carbocycles. The largest absolute Gasteiger partial charge is 0.393 e. The molecule has 0 amide bonds. The van der Waals surface area contributed by atoms with Crippen LogP contribution in [0.4, 0.5) is 19.0 Å². The van der Waals surface area contributed by atoms with E-state index in [-0.39, 0.29) is 10.9 Å². The molecule has 2 saturated heterocycles. The molecule has 12 heteroatoms. The number of thiophene rings is 1. The highest BCUT2D eigenvalue weighted by atomic mass is 32.1. The molecule has 8 nitrogen and oxygen atoms in total. The molecular formula is C40H59F3N8S. The fourth-order valence-electron chi connectivity index (χ4n) is 10.1. The zero-order chi connectivity index (χ0) is 36.2. The van der Waals surface area contributed by atoms with E-state index in [1.54, 1.807) is 6.07 Å². The number of halogens is 3. The third-order valence-corrected chi connectivity index (χ3v) is 14.4. The molecule has 2 aromatic heterocycles. The van der Waals surface area contributed by atoms with Crippen molar-refractivity contribution in [2.24, 2.45) is 23.7 Å². The van der Waals surface area contributed by atoms with Gasteiger partial charge in [0.15, 0.2) is 0 Å². The Hall–Kier alpha value is -2.46. The van der Waals surface area contributed by atoms with Gasteiger partial charge in [0.05, 0.1) is 11.8 Å². The molecule has 286 valence electrons. The number of nitrogens with one attached hydrogen (secondary N) is 1. The topological polar surface area (TPSA) is 74.6 Å². The number of alkyl halides is 3. The van der Waals surface area contributed by atoms with Gasteiger partial charge >= 0.3 is 6.18 Å². The molecule has 0 bridgehead atoms. The van der Waals surface area contributed by atoms with Crippen molar-refractivity contribution in [3.63, 3.8) is 0 Å². The highest BCUT2D eigenvalue weighted by Gasteiger charge is 2.44. The first-order valence-electron chi connectivity index (χ1n) is 20.3. The van der Waals surface area contributed by atoms with Crippen LogP contribution in [0.2, 0.25) is 0 Å². The number of aromatic nitrogens is 2. The summed E-state index contributed by atoms with van der Waals surface area (Å²) >= 11 is 1.10. The van der Waals surface area contributed by atoms with Crippen LogP contribution >= 0.6 is 11.3 Å². The maximum atomic E-state index is 13.0. The predicted octanol–water partition coefficient (Wildman–Crippen LogP) is 7.79. The molecule has 5 heterocycles. The summed E-state index contributed by atoms with van der Waals surface area (Å²) in [5, 5.41) is 14.4. The van der Waals surface area contributed by atoms with Gasteiger partial charge in [-0.1, -0.05) is 39.0 Å². The van der Waals surface area contributed by atoms with Crippen molar-refractivity contribution in [3.05, 3.63) is 29.0 Å². The maximum absolute atomic E-state index is 13.0. The molecule has 0 spiro atoms. The van der Waals surface area contributed by atoms with Gasteiger partial charge in [0.2, 0.25) is 0 Å². The molecule has 3 aliphatic heterocycles. The van der Waals surface area contributed by atoms with Gasteiger partial charge < -0.3 is 15.1 Å². The van der Waals surface area contributed by atoms with Crippen LogP contribution in [-0.4, -0.2) is 113 Å². The summed E-state index contributed by atoms with van der Waals surface area (Å²) in [6.07, 6.45) is 12.8. The SMILES string of the molecule is CC1C(CN2CCC(Nc3ncnc4sc(CC(F)(F)F)cc34)CC2)CCC2C1C=C(C#N)N2CCN1CCN(C(C)CCC2CCCCC2)CC1. The third kappa shape index (κ3) is 9.24. The average Bonchev–Trinajstić information content (AvgIpc) is 3.72. The Kier molecular flexibility index (Phi) is 12.3. The number of anilines is 1. The van der Waals surface area contributed by atoms with Gasteiger partial charge in [0, 0.05) is 87.8 Å². The van der Waals surface area contributed by atoms with E-state index in [0.29, 0.717) is 45.9 Å². The monoisotopic (exact) mass is 740 g/mol. The molecule has 5 atom stereocenters. The minimum absolute atomic E-state index is 0.232. The number of piperazine rings is 1. The van der Waals surface area contributed by atoms with Crippen molar-refractivity contribution in [2.45, 2.75) is 115 Å². The van der Waals surface area contributed by atoms with E-state index in [2.05, 4.69) is 60.9 Å². The molecule has 5 unspecified atom stereocenters. The molecular weight excluding hydrogens is 682 g/mol. The van der Waals surface area contributed by atoms with Crippen molar-refractivity contribution in [1.29, 1.82) is 5.26 Å². The van der Waals surface area contributed by atoms with Gasteiger partial charge in [0.25, 0.3) is 0 Å². The van der Waals surface area contributed by atoms with Crippen molar-refractivity contribution in [1.82, 2.24) is 29.6 Å². The maximum Gasteiger partial charge on any atom is 0.393 e. The fraction of sp³-hybridized carbons (Fsp3) is 0.775. The summed E-state index contributed by atoms with van der Waals surface area (Å²) in [4.78, 5) is 19.9. The number of piperidine rings is 1. The van der Waals surface area contributed by atoms with Crippen LogP contribution in [0.3, 0.4) is 0 Å². The lowest BCUT2D eigenvalue weighted by atomic mass is 9.70. The fourth-order valence-corrected chi connectivity index (χ4v) is 11.2. The molecule has 0 radical (unpaired) electrons. The van der Waals surface area contributed by atoms with E-state index in [1.165, 1.54) is 57.7 Å². The first-order valence-corrected chi connectivity index (χ1v) is 21.1. The van der Waals surface area contributed by atoms with E-state index in [0.717, 1.165) is 101 Å². The van der Waals surface area contributed by atoms with Crippen LogP contribution in [0, 0.1) is 35.0 Å². The van der Waals surface area contributed by atoms with Gasteiger partial charge in [-0.2, -0.15) is 18.4 Å². The van der Waals surface area contributed by atoms with E-state index in [1.807, 2.05) is 0 Å². The number of likely N-dealkylation sites (tertiary alicyclic amines) is 1. The molecule has 1 N–H and O–H groups in total. The lowest BCUT2D eigenvalue weighted by Crippen LogP contribution is -2.52. The van der Waals surface area contributed by atoms with Crippen LogP contribution in [-0.2, 0) is 6.42 Å². The Labute approximate surface area is 312 Å². The number of fused-ring (bicyclic) bond motifs is 2. The molecule has 4 fully saturated rings. The molecule has 52 heavy (non-hydrogen) atoms. The Bertz CT molecular complexity index is 1530. The number of rotatable bonds is 12. The predicted molar refractivity (Wildman–Crippen MR) is 203 cm³/mol. The molecule has 0 aromatic carbocycles. The van der Waals surface area contributed by atoms with Crippen molar-refractivity contribution in [3.8, 4) is 6.07 Å². The molecule has 2 aliphatic carbocycles. The van der Waals surface area contributed by atoms with E-state index in [4.69, 9.17) is 0 Å². The number of nitrogens with zero attached hydrogens (tertiary/aromatic N) is 7. The zero-order valence-electron chi connectivity index (χ0n) is 31.3. The molecule has 2 aromatic rings. The summed E-state index contributed by atoms with van der Waals surface area (Å²) in [5.74, 6) is 3.18. The van der Waals surface area contributed by atoms with Gasteiger partial charge in [-0.15, -0.1) is 11.3 Å². The number of allylic oxidation sites excluding steroid dienone is 1. The Morgan fingerprint density at radius 3 is 2.46 bits per heavy atom. The second-order valence-corrected chi connectivity index (χ2v) is 17.8. The van der Waals surface area contributed by atoms with Crippen molar-refractivity contribution >= 4 is 27.4 Å². The normalized spacial score (nSPS) is 28.2.